The van der Waals surface area contributed by atoms with E-state index < -0.39 is 5.69 Å². The number of pyridine rings is 1. The quantitative estimate of drug-likeness (QED) is 0.375. The molecule has 0 saturated heterocycles. The highest BCUT2D eigenvalue weighted by molar-refractivity contribution is 7.25. The summed E-state index contributed by atoms with van der Waals surface area (Å²) in [7, 11) is 0. The molecule has 5 aromatic rings. The number of rotatable bonds is 7. The maximum absolute atomic E-state index is 13.6. The Labute approximate surface area is 205 Å². The van der Waals surface area contributed by atoms with Crippen LogP contribution in [0.5, 0.6) is 0 Å². The first-order valence-electron chi connectivity index (χ1n) is 11.5. The molecule has 0 fully saturated rings. The number of nitrogens with one attached hydrogen (secondary N) is 1. The number of aromatic nitrogens is 3. The molecule has 5 rings (SSSR count). The van der Waals surface area contributed by atoms with Gasteiger partial charge >= 0.3 is 5.69 Å². The zero-order valence-corrected chi connectivity index (χ0v) is 20.0. The Kier molecular flexibility index (Phi) is 6.29. The Morgan fingerprint density at radius 3 is 2.54 bits per heavy atom. The van der Waals surface area contributed by atoms with Crippen LogP contribution in [0.25, 0.3) is 20.4 Å². The number of nitrogens with zero attached hydrogens (tertiary/aromatic N) is 3. The second-order valence-electron chi connectivity index (χ2n) is 8.26. The van der Waals surface area contributed by atoms with Crippen LogP contribution in [0.2, 0.25) is 0 Å². The maximum atomic E-state index is 13.6. The van der Waals surface area contributed by atoms with Crippen molar-refractivity contribution in [1.29, 1.82) is 0 Å². The molecule has 0 aliphatic carbocycles. The van der Waals surface area contributed by atoms with E-state index in [-0.39, 0.29) is 24.6 Å². The number of para-hydroxylation sites is 1. The molecule has 2 aromatic carbocycles. The lowest BCUT2D eigenvalue weighted by molar-refractivity contribution is -0.116. The second kappa shape index (κ2) is 9.68. The molecule has 0 aliphatic heterocycles. The van der Waals surface area contributed by atoms with Crippen molar-refractivity contribution in [3.05, 3.63) is 105 Å². The molecular formula is C27H24N4O3S. The van der Waals surface area contributed by atoms with Crippen LogP contribution in [-0.2, 0) is 30.7 Å². The molecule has 35 heavy (non-hydrogen) atoms. The van der Waals surface area contributed by atoms with Crippen LogP contribution in [-0.4, -0.2) is 20.0 Å². The molecule has 0 atom stereocenters. The van der Waals surface area contributed by atoms with Crippen LogP contribution in [0.3, 0.4) is 0 Å². The SMILES string of the molecule is CCc1ccccc1NC(=O)Cn1c(=O)n(CCc2ccccc2)c(=O)c2sc3ncccc3c21. The number of hydrogen-bond acceptors (Lipinski definition) is 5. The molecule has 0 unspecified atom stereocenters. The maximum Gasteiger partial charge on any atom is 0.332 e. The van der Waals surface area contributed by atoms with Gasteiger partial charge in [0.1, 0.15) is 16.1 Å². The standard InChI is InChI=1S/C27H24N4O3S/c1-2-19-11-6-7-13-21(19)29-22(32)17-31-23-20-12-8-15-28-25(20)35-24(23)26(33)30(27(31)34)16-14-18-9-4-3-5-10-18/h3-13,15H,2,14,16-17H2,1H3,(H,29,32). The summed E-state index contributed by atoms with van der Waals surface area (Å²) in [5.74, 6) is -0.328. The Morgan fingerprint density at radius 2 is 1.74 bits per heavy atom. The molecule has 3 aromatic heterocycles. The van der Waals surface area contributed by atoms with Gasteiger partial charge in [-0.05, 0) is 42.2 Å². The third kappa shape index (κ3) is 4.40. The van der Waals surface area contributed by atoms with Gasteiger partial charge in [-0.2, -0.15) is 0 Å². The topological polar surface area (TPSA) is 86.0 Å². The number of benzene rings is 2. The van der Waals surface area contributed by atoms with E-state index in [9.17, 15) is 14.4 Å². The molecule has 0 spiro atoms. The van der Waals surface area contributed by atoms with E-state index in [1.54, 1.807) is 12.3 Å². The number of aryl methyl sites for hydroxylation is 2. The van der Waals surface area contributed by atoms with Crippen molar-refractivity contribution in [2.24, 2.45) is 0 Å². The summed E-state index contributed by atoms with van der Waals surface area (Å²) in [6.45, 7) is 2.03. The molecule has 0 aliphatic rings. The fourth-order valence-corrected chi connectivity index (χ4v) is 5.39. The summed E-state index contributed by atoms with van der Waals surface area (Å²) >= 11 is 1.25. The Bertz CT molecular complexity index is 1650. The van der Waals surface area contributed by atoms with Crippen molar-refractivity contribution in [3.63, 3.8) is 0 Å². The minimum Gasteiger partial charge on any atom is -0.324 e. The minimum atomic E-state index is -0.499. The van der Waals surface area contributed by atoms with Gasteiger partial charge < -0.3 is 5.32 Å². The van der Waals surface area contributed by atoms with E-state index >= 15 is 0 Å². The molecule has 0 saturated carbocycles. The molecule has 176 valence electrons. The summed E-state index contributed by atoms with van der Waals surface area (Å²) in [5.41, 5.74) is 2.37. The highest BCUT2D eigenvalue weighted by Crippen LogP contribution is 2.29. The third-order valence-electron chi connectivity index (χ3n) is 6.05. The number of amides is 1. The molecule has 1 amide bonds. The van der Waals surface area contributed by atoms with Crippen LogP contribution in [0, 0.1) is 0 Å². The Balaban J connectivity index is 1.60. The average Bonchev–Trinajstić information content (AvgIpc) is 3.27. The zero-order chi connectivity index (χ0) is 24.4. The van der Waals surface area contributed by atoms with Gasteiger partial charge in [0.2, 0.25) is 5.91 Å². The zero-order valence-electron chi connectivity index (χ0n) is 19.2. The van der Waals surface area contributed by atoms with Crippen molar-refractivity contribution >= 4 is 43.4 Å². The van der Waals surface area contributed by atoms with Crippen molar-refractivity contribution in [1.82, 2.24) is 14.1 Å². The molecule has 0 bridgehead atoms. The third-order valence-corrected chi connectivity index (χ3v) is 7.14. The lowest BCUT2D eigenvalue weighted by Gasteiger charge is -2.14. The Morgan fingerprint density at radius 1 is 0.971 bits per heavy atom. The summed E-state index contributed by atoms with van der Waals surface area (Å²) in [6, 6.07) is 20.9. The number of thiophene rings is 1. The van der Waals surface area contributed by atoms with Gasteiger partial charge in [0, 0.05) is 23.8 Å². The molecule has 0 radical (unpaired) electrons. The first kappa shape index (κ1) is 22.7. The van der Waals surface area contributed by atoms with Crippen molar-refractivity contribution < 1.29 is 4.79 Å². The first-order valence-corrected chi connectivity index (χ1v) is 12.3. The van der Waals surface area contributed by atoms with Gasteiger partial charge in [0.25, 0.3) is 5.56 Å². The molecule has 1 N–H and O–H groups in total. The van der Waals surface area contributed by atoms with E-state index in [4.69, 9.17) is 0 Å². The largest absolute Gasteiger partial charge is 0.332 e. The normalized spacial score (nSPS) is 11.2. The summed E-state index contributed by atoms with van der Waals surface area (Å²) in [6.07, 6.45) is 2.95. The minimum absolute atomic E-state index is 0.209. The van der Waals surface area contributed by atoms with E-state index in [1.165, 1.54) is 20.5 Å². The van der Waals surface area contributed by atoms with Gasteiger partial charge in [-0.1, -0.05) is 55.5 Å². The van der Waals surface area contributed by atoms with E-state index in [0.717, 1.165) is 23.2 Å². The van der Waals surface area contributed by atoms with Gasteiger partial charge in [-0.3, -0.25) is 18.7 Å². The molecule has 8 heteroatoms. The van der Waals surface area contributed by atoms with Crippen LogP contribution in [0.1, 0.15) is 18.1 Å². The summed E-state index contributed by atoms with van der Waals surface area (Å²) in [5, 5.41) is 3.63. The number of carbonyl (C=O) groups excluding carboxylic acids is 1. The highest BCUT2D eigenvalue weighted by Gasteiger charge is 2.20. The average molecular weight is 485 g/mol. The van der Waals surface area contributed by atoms with Crippen LogP contribution in [0.4, 0.5) is 5.69 Å². The van der Waals surface area contributed by atoms with E-state index in [2.05, 4.69) is 10.3 Å². The van der Waals surface area contributed by atoms with Gasteiger partial charge in [-0.25, -0.2) is 9.78 Å². The van der Waals surface area contributed by atoms with Gasteiger partial charge in [0.15, 0.2) is 0 Å². The monoisotopic (exact) mass is 484 g/mol. The number of fused-ring (bicyclic) bond motifs is 3. The molecule has 3 heterocycles. The predicted octanol–water partition coefficient (Wildman–Crippen LogP) is 4.22. The fourth-order valence-electron chi connectivity index (χ4n) is 4.30. The molecular weight excluding hydrogens is 460 g/mol. The van der Waals surface area contributed by atoms with E-state index in [1.807, 2.05) is 67.6 Å². The van der Waals surface area contributed by atoms with Crippen LogP contribution in [0.15, 0.2) is 82.5 Å². The van der Waals surface area contributed by atoms with Crippen LogP contribution < -0.4 is 16.6 Å². The lowest BCUT2D eigenvalue weighted by Crippen LogP contribution is -2.41. The molecule has 7 nitrogen and oxygen atoms in total. The number of carbonyl (C=O) groups is 1. The number of hydrogen-bond donors (Lipinski definition) is 1. The lowest BCUT2D eigenvalue weighted by atomic mass is 10.1. The first-order chi connectivity index (χ1) is 17.1. The van der Waals surface area contributed by atoms with Crippen molar-refractivity contribution in [2.45, 2.75) is 32.9 Å². The summed E-state index contributed by atoms with van der Waals surface area (Å²) < 4.78 is 3.07. The van der Waals surface area contributed by atoms with Crippen LogP contribution >= 0.6 is 11.3 Å². The van der Waals surface area contributed by atoms with E-state index in [0.29, 0.717) is 26.9 Å². The second-order valence-corrected chi connectivity index (χ2v) is 9.25. The van der Waals surface area contributed by atoms with Gasteiger partial charge in [-0.15, -0.1) is 11.3 Å². The fraction of sp³-hybridized carbons (Fsp3) is 0.185. The predicted molar refractivity (Wildman–Crippen MR) is 140 cm³/mol. The van der Waals surface area contributed by atoms with Gasteiger partial charge in [0.05, 0.1) is 5.52 Å². The smallest absolute Gasteiger partial charge is 0.324 e. The summed E-state index contributed by atoms with van der Waals surface area (Å²) in [4.78, 5) is 45.1. The number of anilines is 1. The van der Waals surface area contributed by atoms with Crippen molar-refractivity contribution in [3.8, 4) is 0 Å². The Hall–Kier alpha value is -4.04. The highest BCUT2D eigenvalue weighted by atomic mass is 32.1. The van der Waals surface area contributed by atoms with Crippen molar-refractivity contribution in [2.75, 3.05) is 5.32 Å².